The molecular weight excluding hydrogens is 346 g/mol. The van der Waals surface area contributed by atoms with Gasteiger partial charge in [0.25, 0.3) is 0 Å². The van der Waals surface area contributed by atoms with E-state index in [1.54, 1.807) is 0 Å². The average Bonchev–Trinajstić information content (AvgIpc) is 2.75. The van der Waals surface area contributed by atoms with Gasteiger partial charge in [0.2, 0.25) is 0 Å². The molecule has 0 unspecified atom stereocenters. The molecule has 0 saturated carbocycles. The summed E-state index contributed by atoms with van der Waals surface area (Å²) in [5.74, 6) is -0.279. The van der Waals surface area contributed by atoms with Crippen LogP contribution in [0.4, 0.5) is 8.78 Å². The normalized spacial score (nSPS) is 11.1. The van der Waals surface area contributed by atoms with Crippen molar-refractivity contribution in [3.8, 4) is 0 Å². The van der Waals surface area contributed by atoms with Gasteiger partial charge in [0.05, 0.1) is 15.9 Å². The number of aromatic nitrogens is 2. The molecule has 1 aromatic carbocycles. The van der Waals surface area contributed by atoms with Crippen molar-refractivity contribution in [3.05, 3.63) is 45.7 Å². The second-order valence-corrected chi connectivity index (χ2v) is 6.05. The Labute approximate surface area is 129 Å². The molecule has 20 heavy (non-hydrogen) atoms. The Kier molecular flexibility index (Phi) is 5.21. The molecule has 0 N–H and O–H groups in total. The van der Waals surface area contributed by atoms with Gasteiger partial charge in [-0.25, -0.2) is 8.78 Å². The first-order valence-corrected chi connectivity index (χ1v) is 8.16. The lowest BCUT2D eigenvalue weighted by Crippen LogP contribution is -2.02. The van der Waals surface area contributed by atoms with Crippen LogP contribution in [0.3, 0.4) is 0 Å². The summed E-state index contributed by atoms with van der Waals surface area (Å²) in [6.07, 6.45) is 0.833. The van der Waals surface area contributed by atoms with E-state index in [2.05, 4.69) is 21.0 Å². The number of hydrogen-bond acceptors (Lipinski definition) is 2. The van der Waals surface area contributed by atoms with Crippen LogP contribution in [-0.2, 0) is 18.7 Å². The Bertz CT molecular complexity index is 613. The molecule has 2 nitrogen and oxygen atoms in total. The molecular formula is C14H15BrF2N2S. The van der Waals surface area contributed by atoms with Crippen LogP contribution in [0.2, 0.25) is 0 Å². The second kappa shape index (κ2) is 6.72. The highest BCUT2D eigenvalue weighted by Gasteiger charge is 2.15. The Balaban J connectivity index is 2.22. The molecule has 0 aliphatic rings. The number of benzene rings is 1. The van der Waals surface area contributed by atoms with Gasteiger partial charge in [-0.2, -0.15) is 5.10 Å². The van der Waals surface area contributed by atoms with Gasteiger partial charge >= 0.3 is 0 Å². The molecule has 2 rings (SSSR count). The van der Waals surface area contributed by atoms with Crippen molar-refractivity contribution in [2.45, 2.75) is 37.5 Å². The van der Waals surface area contributed by atoms with Crippen LogP contribution in [0.5, 0.6) is 0 Å². The SMILES string of the molecule is CCc1nn(CC)c(CSc2cc(F)ccc2F)c1Br. The lowest BCUT2D eigenvalue weighted by molar-refractivity contribution is 0.577. The summed E-state index contributed by atoms with van der Waals surface area (Å²) in [5, 5.41) is 4.49. The minimum absolute atomic E-state index is 0.318. The number of halogens is 3. The molecule has 0 spiro atoms. The molecule has 0 aliphatic heterocycles. The fraction of sp³-hybridized carbons (Fsp3) is 0.357. The topological polar surface area (TPSA) is 17.8 Å². The number of aryl methyl sites for hydroxylation is 2. The van der Waals surface area contributed by atoms with Crippen LogP contribution in [0, 0.1) is 11.6 Å². The van der Waals surface area contributed by atoms with E-state index >= 15 is 0 Å². The zero-order valence-electron chi connectivity index (χ0n) is 11.3. The summed E-state index contributed by atoms with van der Waals surface area (Å²) in [4.78, 5) is 0.318. The molecule has 0 amide bonds. The quantitative estimate of drug-likeness (QED) is 0.712. The third kappa shape index (κ3) is 3.23. The predicted octanol–water partition coefficient (Wildman–Crippen LogP) is 4.80. The first-order valence-electron chi connectivity index (χ1n) is 6.38. The summed E-state index contributed by atoms with van der Waals surface area (Å²) >= 11 is 4.82. The van der Waals surface area contributed by atoms with Crippen LogP contribution >= 0.6 is 27.7 Å². The van der Waals surface area contributed by atoms with Gasteiger partial charge in [-0.15, -0.1) is 11.8 Å². The summed E-state index contributed by atoms with van der Waals surface area (Å²) in [7, 11) is 0. The van der Waals surface area contributed by atoms with Crippen molar-refractivity contribution < 1.29 is 8.78 Å². The second-order valence-electron chi connectivity index (χ2n) is 4.24. The molecule has 0 bridgehead atoms. The highest BCUT2D eigenvalue weighted by atomic mass is 79.9. The molecule has 0 saturated heterocycles. The van der Waals surface area contributed by atoms with Crippen molar-refractivity contribution in [2.24, 2.45) is 0 Å². The number of rotatable bonds is 5. The number of nitrogens with zero attached hydrogens (tertiary/aromatic N) is 2. The third-order valence-electron chi connectivity index (χ3n) is 2.95. The summed E-state index contributed by atoms with van der Waals surface area (Å²) in [5.41, 5.74) is 1.99. The van der Waals surface area contributed by atoms with Gasteiger partial charge in [-0.05, 0) is 47.5 Å². The average molecular weight is 361 g/mol. The van der Waals surface area contributed by atoms with Crippen LogP contribution in [0.1, 0.15) is 25.2 Å². The maximum absolute atomic E-state index is 13.6. The lowest BCUT2D eigenvalue weighted by atomic mass is 10.3. The summed E-state index contributed by atoms with van der Waals surface area (Å²) in [6.45, 7) is 4.80. The molecule has 2 aromatic rings. The largest absolute Gasteiger partial charge is 0.268 e. The van der Waals surface area contributed by atoms with Crippen LogP contribution in [-0.4, -0.2) is 9.78 Å². The maximum atomic E-state index is 13.6. The van der Waals surface area contributed by atoms with Crippen molar-refractivity contribution >= 4 is 27.7 Å². The standard InChI is InChI=1S/C14H15BrF2N2S/c1-3-11-14(15)12(19(4-2)18-11)8-20-13-7-9(16)5-6-10(13)17/h5-7H,3-4,8H2,1-2H3. The Morgan fingerprint density at radius 1 is 1.30 bits per heavy atom. The van der Waals surface area contributed by atoms with Crippen LogP contribution in [0.15, 0.2) is 27.6 Å². The first-order chi connectivity index (χ1) is 9.56. The fourth-order valence-electron chi connectivity index (χ4n) is 1.89. The summed E-state index contributed by atoms with van der Waals surface area (Å²) in [6, 6.07) is 3.50. The van der Waals surface area contributed by atoms with E-state index in [1.165, 1.54) is 17.8 Å². The maximum Gasteiger partial charge on any atom is 0.136 e. The van der Waals surface area contributed by atoms with E-state index in [-0.39, 0.29) is 0 Å². The lowest BCUT2D eigenvalue weighted by Gasteiger charge is -2.06. The monoisotopic (exact) mass is 360 g/mol. The number of thioether (sulfide) groups is 1. The van der Waals surface area contributed by atoms with Crippen LogP contribution in [0.25, 0.3) is 0 Å². The van der Waals surface area contributed by atoms with E-state index in [0.29, 0.717) is 10.6 Å². The zero-order chi connectivity index (χ0) is 14.7. The Hall–Kier alpha value is -0.880. The van der Waals surface area contributed by atoms with E-state index < -0.39 is 11.6 Å². The van der Waals surface area contributed by atoms with E-state index in [0.717, 1.165) is 41.0 Å². The fourth-order valence-corrected chi connectivity index (χ4v) is 3.77. The third-order valence-corrected chi connectivity index (χ3v) is 4.91. The van der Waals surface area contributed by atoms with Crippen molar-refractivity contribution in [1.82, 2.24) is 9.78 Å². The van der Waals surface area contributed by atoms with Crippen LogP contribution < -0.4 is 0 Å². The molecule has 1 heterocycles. The van der Waals surface area contributed by atoms with Gasteiger partial charge in [0.15, 0.2) is 0 Å². The smallest absolute Gasteiger partial charge is 0.136 e. The van der Waals surface area contributed by atoms with Crippen molar-refractivity contribution in [2.75, 3.05) is 0 Å². The summed E-state index contributed by atoms with van der Waals surface area (Å²) < 4.78 is 29.6. The number of hydrogen-bond donors (Lipinski definition) is 0. The molecule has 0 radical (unpaired) electrons. The van der Waals surface area contributed by atoms with E-state index in [4.69, 9.17) is 0 Å². The van der Waals surface area contributed by atoms with Crippen molar-refractivity contribution in [3.63, 3.8) is 0 Å². The Morgan fingerprint density at radius 3 is 2.70 bits per heavy atom. The van der Waals surface area contributed by atoms with Gasteiger partial charge in [-0.3, -0.25) is 4.68 Å². The van der Waals surface area contributed by atoms with Gasteiger partial charge in [0, 0.05) is 17.2 Å². The van der Waals surface area contributed by atoms with Gasteiger partial charge < -0.3 is 0 Å². The molecule has 0 fully saturated rings. The highest BCUT2D eigenvalue weighted by molar-refractivity contribution is 9.10. The van der Waals surface area contributed by atoms with Crippen molar-refractivity contribution in [1.29, 1.82) is 0 Å². The molecule has 6 heteroatoms. The highest BCUT2D eigenvalue weighted by Crippen LogP contribution is 2.31. The van der Waals surface area contributed by atoms with E-state index in [1.807, 2.05) is 18.5 Å². The van der Waals surface area contributed by atoms with E-state index in [9.17, 15) is 8.78 Å². The molecule has 108 valence electrons. The minimum Gasteiger partial charge on any atom is -0.268 e. The van der Waals surface area contributed by atoms with Gasteiger partial charge in [-0.1, -0.05) is 6.92 Å². The Morgan fingerprint density at radius 2 is 2.05 bits per heavy atom. The first kappa shape index (κ1) is 15.5. The molecule has 0 atom stereocenters. The minimum atomic E-state index is -0.425. The molecule has 1 aromatic heterocycles. The predicted molar refractivity (Wildman–Crippen MR) is 80.9 cm³/mol. The molecule has 0 aliphatic carbocycles. The van der Waals surface area contributed by atoms with Gasteiger partial charge in [0.1, 0.15) is 11.6 Å². The zero-order valence-corrected chi connectivity index (χ0v) is 13.7.